The Morgan fingerprint density at radius 1 is 1.67 bits per heavy atom. The van der Waals surface area contributed by atoms with Crippen molar-refractivity contribution >= 4 is 6.21 Å². The minimum atomic E-state index is -2.40. The molecule has 52 valence electrons. The third-order valence-electron chi connectivity index (χ3n) is 1.08. The van der Waals surface area contributed by atoms with Crippen LogP contribution in [-0.2, 0) is 4.74 Å². The highest BCUT2D eigenvalue weighted by Crippen LogP contribution is 2.07. The molecule has 0 bridgehead atoms. The van der Waals surface area contributed by atoms with Gasteiger partial charge in [0.15, 0.2) is 0 Å². The molecule has 1 aliphatic heterocycles. The van der Waals surface area contributed by atoms with E-state index in [1.54, 1.807) is 0 Å². The lowest BCUT2D eigenvalue weighted by Gasteiger charge is -2.16. The van der Waals surface area contributed by atoms with E-state index in [0.717, 1.165) is 0 Å². The van der Waals surface area contributed by atoms with Gasteiger partial charge in [-0.1, -0.05) is 0 Å². The molecule has 4 heteroatoms. The van der Waals surface area contributed by atoms with E-state index in [9.17, 15) is 8.78 Å². The smallest absolute Gasteiger partial charge is 0.266 e. The van der Waals surface area contributed by atoms with Crippen LogP contribution in [0, 0.1) is 0 Å². The van der Waals surface area contributed by atoms with Gasteiger partial charge in [-0.2, -0.15) is 0 Å². The lowest BCUT2D eigenvalue weighted by atomic mass is 10.3. The molecule has 0 aromatic rings. The number of hydrogen-bond donors (Lipinski definition) is 0. The van der Waals surface area contributed by atoms with Gasteiger partial charge in [0.25, 0.3) is 6.43 Å². The van der Waals surface area contributed by atoms with Crippen LogP contribution in [0.5, 0.6) is 0 Å². The summed E-state index contributed by atoms with van der Waals surface area (Å²) in [4.78, 5) is 3.65. The van der Waals surface area contributed by atoms with E-state index >= 15 is 0 Å². The third kappa shape index (κ3) is 1.71. The summed E-state index contributed by atoms with van der Waals surface area (Å²) in [7, 11) is 0. The molecule has 0 spiro atoms. The molecule has 0 aromatic carbocycles. The van der Waals surface area contributed by atoms with E-state index < -0.39 is 12.5 Å². The van der Waals surface area contributed by atoms with Crippen LogP contribution in [-0.4, -0.2) is 31.9 Å². The Morgan fingerprint density at radius 2 is 2.44 bits per heavy atom. The standard InChI is InChI=1S/C5H7F2NO/c6-5(7)4-3-8-1-2-9-4/h1,4-5H,2-3H2. The Bertz CT molecular complexity index is 116. The van der Waals surface area contributed by atoms with E-state index in [1.165, 1.54) is 6.21 Å². The summed E-state index contributed by atoms with van der Waals surface area (Å²) in [6.07, 6.45) is -1.88. The molecule has 0 saturated carbocycles. The van der Waals surface area contributed by atoms with Gasteiger partial charge in [0.2, 0.25) is 0 Å². The largest absolute Gasteiger partial charge is 0.365 e. The number of rotatable bonds is 1. The van der Waals surface area contributed by atoms with Gasteiger partial charge in [-0.05, 0) is 0 Å². The molecule has 0 radical (unpaired) electrons. The molecule has 0 fully saturated rings. The fraction of sp³-hybridized carbons (Fsp3) is 0.800. The normalized spacial score (nSPS) is 27.2. The molecule has 0 N–H and O–H groups in total. The number of halogens is 2. The molecule has 1 unspecified atom stereocenters. The van der Waals surface area contributed by atoms with Crippen LogP contribution in [0.15, 0.2) is 4.99 Å². The predicted octanol–water partition coefficient (Wildman–Crippen LogP) is 0.721. The van der Waals surface area contributed by atoms with Gasteiger partial charge in [0.05, 0.1) is 13.2 Å². The molecule has 1 rings (SSSR count). The minimum Gasteiger partial charge on any atom is -0.365 e. The summed E-state index contributed by atoms with van der Waals surface area (Å²) in [5.74, 6) is 0. The van der Waals surface area contributed by atoms with E-state index in [4.69, 9.17) is 0 Å². The van der Waals surface area contributed by atoms with Crippen LogP contribution in [0.4, 0.5) is 8.78 Å². The Kier molecular flexibility index (Phi) is 2.10. The molecule has 1 aliphatic rings. The van der Waals surface area contributed by atoms with Crippen molar-refractivity contribution in [3.63, 3.8) is 0 Å². The molecule has 1 heterocycles. The fourth-order valence-electron chi connectivity index (χ4n) is 0.603. The van der Waals surface area contributed by atoms with Gasteiger partial charge in [0.1, 0.15) is 6.10 Å². The summed E-state index contributed by atoms with van der Waals surface area (Å²) in [5.41, 5.74) is 0. The highest BCUT2D eigenvalue weighted by Gasteiger charge is 2.21. The first-order valence-corrected chi connectivity index (χ1v) is 2.69. The Labute approximate surface area is 51.5 Å². The third-order valence-corrected chi connectivity index (χ3v) is 1.08. The van der Waals surface area contributed by atoms with Gasteiger partial charge in [-0.3, -0.25) is 4.99 Å². The van der Waals surface area contributed by atoms with Gasteiger partial charge < -0.3 is 4.74 Å². The van der Waals surface area contributed by atoms with Crippen molar-refractivity contribution in [1.82, 2.24) is 0 Å². The molecule has 0 aromatic heterocycles. The van der Waals surface area contributed by atoms with Crippen molar-refractivity contribution in [2.24, 2.45) is 4.99 Å². The topological polar surface area (TPSA) is 21.6 Å². The van der Waals surface area contributed by atoms with Crippen LogP contribution >= 0.6 is 0 Å². The zero-order chi connectivity index (χ0) is 6.69. The van der Waals surface area contributed by atoms with E-state index in [2.05, 4.69) is 9.73 Å². The van der Waals surface area contributed by atoms with Crippen molar-refractivity contribution in [3.8, 4) is 0 Å². The number of ether oxygens (including phenoxy) is 1. The monoisotopic (exact) mass is 135 g/mol. The molecule has 2 nitrogen and oxygen atoms in total. The Hall–Kier alpha value is -0.510. The number of aliphatic imine (C=N–C) groups is 1. The second kappa shape index (κ2) is 2.87. The zero-order valence-electron chi connectivity index (χ0n) is 4.76. The SMILES string of the molecule is FC(F)C1CN=CCO1. The summed E-state index contributed by atoms with van der Waals surface area (Å²) in [6.45, 7) is 0.312. The average Bonchev–Trinajstić information content (AvgIpc) is 1.90. The minimum absolute atomic E-state index is 0.0949. The van der Waals surface area contributed by atoms with Gasteiger partial charge in [0, 0.05) is 6.21 Å². The highest BCUT2D eigenvalue weighted by atomic mass is 19.3. The maximum atomic E-state index is 11.7. The first kappa shape index (κ1) is 6.61. The quantitative estimate of drug-likeness (QED) is 0.519. The number of hydrogen-bond acceptors (Lipinski definition) is 2. The number of nitrogens with zero attached hydrogens (tertiary/aromatic N) is 1. The summed E-state index contributed by atoms with van der Waals surface area (Å²) in [5, 5.41) is 0. The molecular weight excluding hydrogens is 128 g/mol. The summed E-state index contributed by atoms with van der Waals surface area (Å²) < 4.78 is 28.1. The second-order valence-corrected chi connectivity index (χ2v) is 1.75. The highest BCUT2D eigenvalue weighted by molar-refractivity contribution is 5.59. The van der Waals surface area contributed by atoms with Crippen LogP contribution in [0.1, 0.15) is 0 Å². The molecule has 9 heavy (non-hydrogen) atoms. The number of alkyl halides is 2. The van der Waals surface area contributed by atoms with Crippen molar-refractivity contribution < 1.29 is 13.5 Å². The molecule has 1 atom stereocenters. The van der Waals surface area contributed by atoms with Crippen molar-refractivity contribution in [2.45, 2.75) is 12.5 Å². The van der Waals surface area contributed by atoms with Crippen LogP contribution < -0.4 is 0 Å². The molecular formula is C5H7F2NO. The average molecular weight is 135 g/mol. The van der Waals surface area contributed by atoms with Crippen LogP contribution in [0.2, 0.25) is 0 Å². The molecule has 0 amide bonds. The fourth-order valence-corrected chi connectivity index (χ4v) is 0.603. The summed E-state index contributed by atoms with van der Waals surface area (Å²) in [6, 6.07) is 0. The maximum absolute atomic E-state index is 11.7. The van der Waals surface area contributed by atoms with E-state index in [-0.39, 0.29) is 13.2 Å². The van der Waals surface area contributed by atoms with Crippen molar-refractivity contribution in [1.29, 1.82) is 0 Å². The summed E-state index contributed by atoms with van der Waals surface area (Å²) >= 11 is 0. The Morgan fingerprint density at radius 3 is 2.78 bits per heavy atom. The van der Waals surface area contributed by atoms with Gasteiger partial charge in [-0.15, -0.1) is 0 Å². The van der Waals surface area contributed by atoms with Crippen LogP contribution in [0.25, 0.3) is 0 Å². The lowest BCUT2D eigenvalue weighted by molar-refractivity contribution is -0.0398. The lowest BCUT2D eigenvalue weighted by Crippen LogP contribution is -2.29. The van der Waals surface area contributed by atoms with Crippen LogP contribution in [0.3, 0.4) is 0 Å². The Balaban J connectivity index is 2.35. The van der Waals surface area contributed by atoms with Crippen molar-refractivity contribution in [2.75, 3.05) is 13.2 Å². The predicted molar refractivity (Wildman–Crippen MR) is 29.1 cm³/mol. The maximum Gasteiger partial charge on any atom is 0.266 e. The first-order chi connectivity index (χ1) is 4.30. The first-order valence-electron chi connectivity index (χ1n) is 2.69. The van der Waals surface area contributed by atoms with E-state index in [0.29, 0.717) is 0 Å². The van der Waals surface area contributed by atoms with Gasteiger partial charge in [-0.25, -0.2) is 8.78 Å². The molecule has 0 saturated heterocycles. The van der Waals surface area contributed by atoms with Gasteiger partial charge >= 0.3 is 0 Å². The second-order valence-electron chi connectivity index (χ2n) is 1.75. The van der Waals surface area contributed by atoms with Crippen molar-refractivity contribution in [3.05, 3.63) is 0 Å². The molecule has 0 aliphatic carbocycles. The zero-order valence-corrected chi connectivity index (χ0v) is 4.76. The van der Waals surface area contributed by atoms with E-state index in [1.807, 2.05) is 0 Å².